The smallest absolute Gasteiger partial charge is 0.225 e. The standard InChI is InChI=1S/C12H16ClN3O2/c1-2-11(17)15-8-3-4-9(13)10(7-8)16-12(18)5-6-14/h3-4,7H,2,5-6,14H2,1H3,(H,15,17)(H,16,18). The summed E-state index contributed by atoms with van der Waals surface area (Å²) in [6.07, 6.45) is 0.610. The van der Waals surface area contributed by atoms with Gasteiger partial charge in [-0.3, -0.25) is 9.59 Å². The van der Waals surface area contributed by atoms with Crippen LogP contribution in [0.4, 0.5) is 11.4 Å². The van der Waals surface area contributed by atoms with Gasteiger partial charge in [-0.2, -0.15) is 0 Å². The van der Waals surface area contributed by atoms with Crippen LogP contribution in [0.2, 0.25) is 5.02 Å². The van der Waals surface area contributed by atoms with Crippen LogP contribution in [-0.2, 0) is 9.59 Å². The van der Waals surface area contributed by atoms with Gasteiger partial charge in [-0.25, -0.2) is 0 Å². The van der Waals surface area contributed by atoms with E-state index in [0.717, 1.165) is 0 Å². The molecule has 18 heavy (non-hydrogen) atoms. The number of halogens is 1. The van der Waals surface area contributed by atoms with E-state index in [-0.39, 0.29) is 24.8 Å². The van der Waals surface area contributed by atoms with Crippen molar-refractivity contribution in [1.82, 2.24) is 0 Å². The summed E-state index contributed by atoms with van der Waals surface area (Å²) in [4.78, 5) is 22.7. The third-order valence-corrected chi connectivity index (χ3v) is 2.55. The van der Waals surface area contributed by atoms with E-state index in [0.29, 0.717) is 22.8 Å². The molecule has 0 bridgehead atoms. The fourth-order valence-corrected chi connectivity index (χ4v) is 1.46. The maximum absolute atomic E-state index is 11.4. The summed E-state index contributed by atoms with van der Waals surface area (Å²) in [6.45, 7) is 2.03. The van der Waals surface area contributed by atoms with Crippen LogP contribution < -0.4 is 16.4 Å². The molecule has 0 atom stereocenters. The third kappa shape index (κ3) is 4.35. The molecule has 0 aliphatic carbocycles. The second-order valence-corrected chi connectivity index (χ2v) is 4.09. The Hall–Kier alpha value is -1.59. The molecule has 0 fully saturated rings. The molecule has 1 aromatic carbocycles. The maximum atomic E-state index is 11.4. The molecule has 0 saturated heterocycles. The Bertz CT molecular complexity index is 449. The summed E-state index contributed by atoms with van der Waals surface area (Å²) in [7, 11) is 0. The average Bonchev–Trinajstić information content (AvgIpc) is 2.33. The van der Waals surface area contributed by atoms with Crippen molar-refractivity contribution in [3.8, 4) is 0 Å². The third-order valence-electron chi connectivity index (χ3n) is 2.22. The van der Waals surface area contributed by atoms with Crippen molar-refractivity contribution in [3.63, 3.8) is 0 Å². The zero-order valence-corrected chi connectivity index (χ0v) is 10.9. The highest BCUT2D eigenvalue weighted by molar-refractivity contribution is 6.33. The first-order valence-corrected chi connectivity index (χ1v) is 6.04. The van der Waals surface area contributed by atoms with E-state index in [2.05, 4.69) is 10.6 Å². The fourth-order valence-electron chi connectivity index (χ4n) is 1.29. The highest BCUT2D eigenvalue weighted by Gasteiger charge is 2.07. The molecule has 2 amide bonds. The normalized spacial score (nSPS) is 9.94. The number of rotatable bonds is 5. The molecule has 5 nitrogen and oxygen atoms in total. The highest BCUT2D eigenvalue weighted by atomic mass is 35.5. The number of amides is 2. The molecule has 0 spiro atoms. The number of anilines is 2. The number of hydrogen-bond acceptors (Lipinski definition) is 3. The molecule has 1 aromatic rings. The van der Waals surface area contributed by atoms with E-state index in [1.54, 1.807) is 25.1 Å². The van der Waals surface area contributed by atoms with Crippen LogP contribution >= 0.6 is 11.6 Å². The molecular formula is C12H16ClN3O2. The van der Waals surface area contributed by atoms with Gasteiger partial charge >= 0.3 is 0 Å². The van der Waals surface area contributed by atoms with Gasteiger partial charge in [0, 0.05) is 25.1 Å². The zero-order valence-electron chi connectivity index (χ0n) is 10.1. The first kappa shape index (κ1) is 14.5. The average molecular weight is 270 g/mol. The van der Waals surface area contributed by atoms with Crippen LogP contribution in [0, 0.1) is 0 Å². The van der Waals surface area contributed by atoms with Crippen LogP contribution in [0.25, 0.3) is 0 Å². The lowest BCUT2D eigenvalue weighted by Gasteiger charge is -2.10. The number of carbonyl (C=O) groups is 2. The minimum atomic E-state index is -0.210. The Labute approximate surface area is 111 Å². The van der Waals surface area contributed by atoms with Crippen molar-refractivity contribution in [3.05, 3.63) is 23.2 Å². The Morgan fingerprint density at radius 3 is 2.61 bits per heavy atom. The maximum Gasteiger partial charge on any atom is 0.225 e. The van der Waals surface area contributed by atoms with E-state index < -0.39 is 0 Å². The Morgan fingerprint density at radius 2 is 2.00 bits per heavy atom. The van der Waals surface area contributed by atoms with Crippen molar-refractivity contribution in [2.45, 2.75) is 19.8 Å². The molecule has 0 aliphatic heterocycles. The minimum Gasteiger partial charge on any atom is -0.330 e. The molecule has 1 rings (SSSR count). The summed E-state index contributed by atoms with van der Waals surface area (Å²) < 4.78 is 0. The number of nitrogens with two attached hydrogens (primary N) is 1. The molecular weight excluding hydrogens is 254 g/mol. The van der Waals surface area contributed by atoms with Crippen LogP contribution in [0.3, 0.4) is 0 Å². The molecule has 0 aromatic heterocycles. The predicted molar refractivity (Wildman–Crippen MR) is 72.7 cm³/mol. The van der Waals surface area contributed by atoms with Crippen molar-refractivity contribution in [2.24, 2.45) is 5.73 Å². The first-order chi connectivity index (χ1) is 8.56. The summed E-state index contributed by atoms with van der Waals surface area (Å²) in [5, 5.41) is 5.74. The lowest BCUT2D eigenvalue weighted by Crippen LogP contribution is -2.16. The van der Waals surface area contributed by atoms with Gasteiger partial charge in [0.15, 0.2) is 0 Å². The van der Waals surface area contributed by atoms with Gasteiger partial charge < -0.3 is 16.4 Å². The van der Waals surface area contributed by atoms with Crippen LogP contribution in [-0.4, -0.2) is 18.4 Å². The topological polar surface area (TPSA) is 84.2 Å². The lowest BCUT2D eigenvalue weighted by molar-refractivity contribution is -0.116. The van der Waals surface area contributed by atoms with Crippen LogP contribution in [0.5, 0.6) is 0 Å². The molecule has 0 saturated carbocycles. The molecule has 0 heterocycles. The van der Waals surface area contributed by atoms with E-state index >= 15 is 0 Å². The second-order valence-electron chi connectivity index (χ2n) is 3.68. The zero-order chi connectivity index (χ0) is 13.5. The number of carbonyl (C=O) groups excluding carboxylic acids is 2. The van der Waals surface area contributed by atoms with Gasteiger partial charge in [0.25, 0.3) is 0 Å². The molecule has 98 valence electrons. The monoisotopic (exact) mass is 269 g/mol. The number of hydrogen-bond donors (Lipinski definition) is 3. The largest absolute Gasteiger partial charge is 0.330 e. The Morgan fingerprint density at radius 1 is 1.28 bits per heavy atom. The van der Waals surface area contributed by atoms with E-state index in [1.807, 2.05) is 0 Å². The fraction of sp³-hybridized carbons (Fsp3) is 0.333. The van der Waals surface area contributed by atoms with Gasteiger partial charge in [0.05, 0.1) is 10.7 Å². The summed E-state index contributed by atoms with van der Waals surface area (Å²) >= 11 is 5.95. The van der Waals surface area contributed by atoms with Gasteiger partial charge in [-0.05, 0) is 18.2 Å². The summed E-state index contributed by atoms with van der Waals surface area (Å²) in [5.41, 5.74) is 6.34. The molecule has 0 radical (unpaired) electrons. The first-order valence-electron chi connectivity index (χ1n) is 5.66. The van der Waals surface area contributed by atoms with Gasteiger partial charge in [-0.1, -0.05) is 18.5 Å². The van der Waals surface area contributed by atoms with Crippen molar-refractivity contribution in [2.75, 3.05) is 17.2 Å². The van der Waals surface area contributed by atoms with Gasteiger partial charge in [-0.15, -0.1) is 0 Å². The van der Waals surface area contributed by atoms with Crippen LogP contribution in [0.15, 0.2) is 18.2 Å². The summed E-state index contributed by atoms with van der Waals surface area (Å²) in [5.74, 6) is -0.310. The predicted octanol–water partition coefficient (Wildman–Crippen LogP) is 1.98. The van der Waals surface area contributed by atoms with Crippen LogP contribution in [0.1, 0.15) is 19.8 Å². The highest BCUT2D eigenvalue weighted by Crippen LogP contribution is 2.25. The van der Waals surface area contributed by atoms with E-state index in [9.17, 15) is 9.59 Å². The van der Waals surface area contributed by atoms with E-state index in [1.165, 1.54) is 0 Å². The summed E-state index contributed by atoms with van der Waals surface area (Å²) in [6, 6.07) is 4.91. The number of nitrogens with one attached hydrogen (secondary N) is 2. The van der Waals surface area contributed by atoms with Crippen molar-refractivity contribution >= 4 is 34.8 Å². The SMILES string of the molecule is CCC(=O)Nc1ccc(Cl)c(NC(=O)CCN)c1. The minimum absolute atomic E-state index is 0.100. The Kier molecular flexibility index (Phi) is 5.61. The quantitative estimate of drug-likeness (QED) is 0.764. The Balaban J connectivity index is 2.80. The molecule has 0 unspecified atom stereocenters. The van der Waals surface area contributed by atoms with E-state index in [4.69, 9.17) is 17.3 Å². The molecule has 4 N–H and O–H groups in total. The molecule has 6 heteroatoms. The lowest BCUT2D eigenvalue weighted by atomic mass is 10.2. The number of benzene rings is 1. The van der Waals surface area contributed by atoms with Gasteiger partial charge in [0.2, 0.25) is 11.8 Å². The van der Waals surface area contributed by atoms with Gasteiger partial charge in [0.1, 0.15) is 0 Å². The second kappa shape index (κ2) is 6.98. The van der Waals surface area contributed by atoms with Crippen molar-refractivity contribution < 1.29 is 9.59 Å². The molecule has 0 aliphatic rings. The van der Waals surface area contributed by atoms with Crippen molar-refractivity contribution in [1.29, 1.82) is 0 Å².